The number of esters is 1. The number of carbonyl (C=O) groups is 1. The molecule has 2 aromatic carbocycles. The second kappa shape index (κ2) is 8.41. The fourth-order valence-electron chi connectivity index (χ4n) is 1.85. The number of aryl methyl sites for hydroxylation is 1. The van der Waals surface area contributed by atoms with Crippen molar-refractivity contribution in [3.63, 3.8) is 0 Å². The molecule has 0 aromatic heterocycles. The average Bonchev–Trinajstić information content (AvgIpc) is 2.57. The summed E-state index contributed by atoms with van der Waals surface area (Å²) in [7, 11) is 1.27. The molecule has 0 radical (unpaired) electrons. The molecule has 0 amide bonds. The zero-order valence-electron chi connectivity index (χ0n) is 13.0. The Morgan fingerprint density at radius 2 is 1.91 bits per heavy atom. The minimum absolute atomic E-state index is 0.0278. The van der Waals surface area contributed by atoms with Crippen LogP contribution in [0.4, 0.5) is 0 Å². The minimum atomic E-state index is -0.625. The zero-order chi connectivity index (χ0) is 16.7. The number of hydrogen-bond donors (Lipinski definition) is 1. The normalized spacial score (nSPS) is 11.2. The highest BCUT2D eigenvalue weighted by molar-refractivity contribution is 7.99. The third kappa shape index (κ3) is 4.87. The van der Waals surface area contributed by atoms with Crippen LogP contribution in [0.2, 0.25) is 0 Å². The van der Waals surface area contributed by atoms with Crippen LogP contribution in [0.1, 0.15) is 5.56 Å². The zero-order valence-corrected chi connectivity index (χ0v) is 13.8. The van der Waals surface area contributed by atoms with Crippen molar-refractivity contribution in [2.75, 3.05) is 13.7 Å². The molecular formula is C18H18O4S. The molecule has 0 aliphatic heterocycles. The molecule has 0 aliphatic carbocycles. The van der Waals surface area contributed by atoms with Gasteiger partial charge in [-0.15, -0.1) is 0 Å². The highest BCUT2D eigenvalue weighted by Gasteiger charge is 2.14. The molecule has 1 N–H and O–H groups in total. The maximum absolute atomic E-state index is 11.7. The predicted octanol–water partition coefficient (Wildman–Crippen LogP) is 3.57. The average molecular weight is 330 g/mol. The maximum atomic E-state index is 11.7. The number of benzene rings is 2. The van der Waals surface area contributed by atoms with Crippen molar-refractivity contribution in [2.45, 2.75) is 16.7 Å². The Labute approximate surface area is 139 Å². The lowest BCUT2D eigenvalue weighted by Crippen LogP contribution is -2.12. The second-order valence-corrected chi connectivity index (χ2v) is 5.83. The summed E-state index contributed by atoms with van der Waals surface area (Å²) in [5.41, 5.74) is 0.884. The highest BCUT2D eigenvalue weighted by Crippen LogP contribution is 2.32. The van der Waals surface area contributed by atoms with Gasteiger partial charge in [-0.3, -0.25) is 0 Å². The Morgan fingerprint density at radius 1 is 1.17 bits per heavy atom. The molecule has 0 aliphatic rings. The first kappa shape index (κ1) is 17.1. The van der Waals surface area contributed by atoms with E-state index in [9.17, 15) is 4.79 Å². The van der Waals surface area contributed by atoms with E-state index < -0.39 is 5.97 Å². The summed E-state index contributed by atoms with van der Waals surface area (Å²) in [5, 5.41) is 9.01. The number of rotatable bonds is 6. The lowest BCUT2D eigenvalue weighted by molar-refractivity contribution is -0.138. The van der Waals surface area contributed by atoms with Gasteiger partial charge >= 0.3 is 5.97 Å². The maximum Gasteiger partial charge on any atom is 0.373 e. The number of aliphatic hydroxyl groups is 1. The SMILES string of the molecule is COC(=O)/C(=C/CO)Oc1cc(Sc2ccccc2)ccc1C. The van der Waals surface area contributed by atoms with E-state index in [1.54, 1.807) is 11.8 Å². The van der Waals surface area contributed by atoms with Gasteiger partial charge in [0.25, 0.3) is 0 Å². The van der Waals surface area contributed by atoms with Gasteiger partial charge in [0.2, 0.25) is 5.76 Å². The van der Waals surface area contributed by atoms with Gasteiger partial charge < -0.3 is 14.6 Å². The molecule has 0 fully saturated rings. The molecule has 4 nitrogen and oxygen atoms in total. The van der Waals surface area contributed by atoms with Crippen LogP contribution in [0.5, 0.6) is 5.75 Å². The first-order chi connectivity index (χ1) is 11.1. The Bertz CT molecular complexity index is 695. The van der Waals surface area contributed by atoms with E-state index in [1.165, 1.54) is 13.2 Å². The first-order valence-electron chi connectivity index (χ1n) is 7.04. The van der Waals surface area contributed by atoms with Crippen molar-refractivity contribution in [1.82, 2.24) is 0 Å². The van der Waals surface area contributed by atoms with E-state index in [0.29, 0.717) is 5.75 Å². The van der Waals surface area contributed by atoms with Crippen LogP contribution in [0.3, 0.4) is 0 Å². The van der Waals surface area contributed by atoms with Crippen LogP contribution in [0.25, 0.3) is 0 Å². The molecule has 0 bridgehead atoms. The van der Waals surface area contributed by atoms with E-state index in [-0.39, 0.29) is 12.4 Å². The number of hydrogen-bond acceptors (Lipinski definition) is 5. The van der Waals surface area contributed by atoms with Crippen molar-refractivity contribution in [1.29, 1.82) is 0 Å². The van der Waals surface area contributed by atoms with Crippen molar-refractivity contribution in [3.8, 4) is 5.75 Å². The van der Waals surface area contributed by atoms with Gasteiger partial charge in [-0.05, 0) is 42.8 Å². The third-order valence-corrected chi connectivity index (χ3v) is 4.02. The van der Waals surface area contributed by atoms with Crippen molar-refractivity contribution in [2.24, 2.45) is 0 Å². The molecule has 0 heterocycles. The summed E-state index contributed by atoms with van der Waals surface area (Å²) < 4.78 is 10.3. The summed E-state index contributed by atoms with van der Waals surface area (Å²) >= 11 is 1.60. The molecule has 0 saturated carbocycles. The van der Waals surface area contributed by atoms with Crippen LogP contribution in [0, 0.1) is 6.92 Å². The van der Waals surface area contributed by atoms with Gasteiger partial charge in [-0.1, -0.05) is 36.0 Å². The Hall–Kier alpha value is -2.24. The molecule has 5 heteroatoms. The van der Waals surface area contributed by atoms with Crippen LogP contribution < -0.4 is 4.74 Å². The fraction of sp³-hybridized carbons (Fsp3) is 0.167. The standard InChI is InChI=1S/C18H18O4S/c1-13-8-9-15(23-14-6-4-3-5-7-14)12-17(13)22-16(10-11-19)18(20)21-2/h3-10,12,19H,11H2,1-2H3/b16-10-. The molecule has 2 aromatic rings. The molecule has 0 atom stereocenters. The van der Waals surface area contributed by atoms with Gasteiger partial charge in [-0.25, -0.2) is 4.79 Å². The predicted molar refractivity (Wildman–Crippen MR) is 89.6 cm³/mol. The Morgan fingerprint density at radius 3 is 2.57 bits per heavy atom. The minimum Gasteiger partial charge on any atom is -0.463 e. The number of carbonyl (C=O) groups excluding carboxylic acids is 1. The van der Waals surface area contributed by atoms with Gasteiger partial charge in [0.1, 0.15) is 5.75 Å². The van der Waals surface area contributed by atoms with Crippen LogP contribution in [-0.2, 0) is 9.53 Å². The van der Waals surface area contributed by atoms with E-state index in [2.05, 4.69) is 4.74 Å². The van der Waals surface area contributed by atoms with Crippen molar-refractivity contribution < 1.29 is 19.4 Å². The second-order valence-electron chi connectivity index (χ2n) is 4.69. The van der Waals surface area contributed by atoms with E-state index in [0.717, 1.165) is 15.4 Å². The number of methoxy groups -OCH3 is 1. The van der Waals surface area contributed by atoms with E-state index >= 15 is 0 Å². The van der Waals surface area contributed by atoms with E-state index in [4.69, 9.17) is 9.84 Å². The summed E-state index contributed by atoms with van der Waals surface area (Å²) in [6.07, 6.45) is 1.28. The van der Waals surface area contributed by atoms with Gasteiger partial charge in [0.05, 0.1) is 13.7 Å². The van der Waals surface area contributed by atoms with Crippen molar-refractivity contribution in [3.05, 3.63) is 65.9 Å². The summed E-state index contributed by atoms with van der Waals surface area (Å²) in [4.78, 5) is 13.8. The molecule has 23 heavy (non-hydrogen) atoms. The Kier molecular flexibility index (Phi) is 6.26. The molecule has 0 unspecified atom stereocenters. The monoisotopic (exact) mass is 330 g/mol. The lowest BCUT2D eigenvalue weighted by Gasteiger charge is -2.12. The van der Waals surface area contributed by atoms with Crippen LogP contribution in [-0.4, -0.2) is 24.8 Å². The summed E-state index contributed by atoms with van der Waals surface area (Å²) in [5.74, 6) is -0.101. The fourth-order valence-corrected chi connectivity index (χ4v) is 2.71. The smallest absolute Gasteiger partial charge is 0.373 e. The Balaban J connectivity index is 2.23. The molecular weight excluding hydrogens is 312 g/mol. The quantitative estimate of drug-likeness (QED) is 0.498. The largest absolute Gasteiger partial charge is 0.463 e. The molecule has 120 valence electrons. The number of ether oxygens (including phenoxy) is 2. The molecule has 0 saturated heterocycles. The van der Waals surface area contributed by atoms with Gasteiger partial charge in [0.15, 0.2) is 0 Å². The third-order valence-electron chi connectivity index (χ3n) is 3.02. The van der Waals surface area contributed by atoms with E-state index in [1.807, 2.05) is 55.5 Å². The molecule has 0 spiro atoms. The first-order valence-corrected chi connectivity index (χ1v) is 7.86. The summed E-state index contributed by atoms with van der Waals surface area (Å²) in [6.45, 7) is 1.59. The molecule has 2 rings (SSSR count). The van der Waals surface area contributed by atoms with Crippen molar-refractivity contribution >= 4 is 17.7 Å². The van der Waals surface area contributed by atoms with Gasteiger partial charge in [-0.2, -0.15) is 0 Å². The van der Waals surface area contributed by atoms with Crippen LogP contribution in [0.15, 0.2) is 70.2 Å². The van der Waals surface area contributed by atoms with Crippen LogP contribution >= 0.6 is 11.8 Å². The topological polar surface area (TPSA) is 55.8 Å². The summed E-state index contributed by atoms with van der Waals surface area (Å²) in [6, 6.07) is 15.8. The lowest BCUT2D eigenvalue weighted by atomic mass is 10.2. The van der Waals surface area contributed by atoms with Gasteiger partial charge in [0, 0.05) is 9.79 Å². The number of aliphatic hydroxyl groups excluding tert-OH is 1. The highest BCUT2D eigenvalue weighted by atomic mass is 32.2.